The van der Waals surface area contributed by atoms with Crippen LogP contribution in [0.2, 0.25) is 0 Å². The molecule has 0 radical (unpaired) electrons. The Labute approximate surface area is 155 Å². The number of hydrogen-bond acceptors (Lipinski definition) is 8. The van der Waals surface area contributed by atoms with Crippen molar-refractivity contribution >= 4 is 23.8 Å². The number of hydrogen-bond donors (Lipinski definition) is 1. The Balaban J connectivity index is 2.82. The zero-order valence-electron chi connectivity index (χ0n) is 15.4. The van der Waals surface area contributed by atoms with Crippen LogP contribution >= 0.6 is 0 Å². The molecular weight excluding hydrogens is 358 g/mol. The van der Waals surface area contributed by atoms with E-state index in [-0.39, 0.29) is 5.56 Å². The molecule has 0 bridgehead atoms. The van der Waals surface area contributed by atoms with E-state index >= 15 is 0 Å². The molecule has 1 fully saturated rings. The van der Waals surface area contributed by atoms with Crippen molar-refractivity contribution in [3.63, 3.8) is 0 Å². The predicted octanol–water partition coefficient (Wildman–Crippen LogP) is -0.0312. The number of nitrogens with zero attached hydrogens (tertiary/aromatic N) is 1. The zero-order valence-corrected chi connectivity index (χ0v) is 15.4. The summed E-state index contributed by atoms with van der Waals surface area (Å²) in [5.74, 6) is -4.16. The van der Waals surface area contributed by atoms with Gasteiger partial charge in [-0.05, 0) is 12.5 Å². The molecule has 0 spiro atoms. The van der Waals surface area contributed by atoms with Gasteiger partial charge in [0.25, 0.3) is 5.54 Å². The van der Waals surface area contributed by atoms with Crippen LogP contribution in [0.15, 0.2) is 30.3 Å². The van der Waals surface area contributed by atoms with Crippen LogP contribution in [0, 0.1) is 0 Å². The van der Waals surface area contributed by atoms with Crippen LogP contribution in [0.4, 0.5) is 0 Å². The van der Waals surface area contributed by atoms with Gasteiger partial charge in [0.1, 0.15) is 5.60 Å². The lowest BCUT2D eigenvalue weighted by molar-refractivity contribution is -0.190. The van der Waals surface area contributed by atoms with Crippen molar-refractivity contribution in [3.8, 4) is 0 Å². The monoisotopic (exact) mass is 379 g/mol. The van der Waals surface area contributed by atoms with Crippen molar-refractivity contribution in [3.05, 3.63) is 35.9 Å². The minimum absolute atomic E-state index is 0.285. The molecule has 1 saturated heterocycles. The van der Waals surface area contributed by atoms with E-state index in [0.29, 0.717) is 4.90 Å². The molecule has 1 aromatic rings. The summed E-state index contributed by atoms with van der Waals surface area (Å²) in [7, 11) is 3.11. The van der Waals surface area contributed by atoms with Gasteiger partial charge in [0.2, 0.25) is 5.91 Å². The summed E-state index contributed by atoms with van der Waals surface area (Å²) in [6.07, 6.45) is -0.600. The van der Waals surface area contributed by atoms with Crippen LogP contribution < -0.4 is 0 Å². The SMILES string of the molecule is COC(=O)[C@@H](c1ccccc1)N1C(=O)CC(C)(O)C1(C(=O)OC)C(=O)OC. The van der Waals surface area contributed by atoms with Gasteiger partial charge in [-0.3, -0.25) is 9.69 Å². The average Bonchev–Trinajstić information content (AvgIpc) is 2.87. The Morgan fingerprint density at radius 1 is 1.04 bits per heavy atom. The molecule has 1 aliphatic heterocycles. The Hall–Kier alpha value is -2.94. The van der Waals surface area contributed by atoms with Crippen LogP contribution in [-0.4, -0.2) is 66.3 Å². The number of likely N-dealkylation sites (tertiary alicyclic amines) is 1. The Morgan fingerprint density at radius 3 is 2.00 bits per heavy atom. The summed E-state index contributed by atoms with van der Waals surface area (Å²) in [6, 6.07) is 6.50. The van der Waals surface area contributed by atoms with E-state index in [0.717, 1.165) is 28.3 Å². The second-order valence-electron chi connectivity index (χ2n) is 6.24. The number of ether oxygens (including phenoxy) is 3. The molecule has 27 heavy (non-hydrogen) atoms. The molecule has 9 nitrogen and oxygen atoms in total. The maximum atomic E-state index is 12.8. The summed E-state index contributed by atoms with van der Waals surface area (Å²) in [5, 5.41) is 10.9. The molecule has 0 aromatic heterocycles. The van der Waals surface area contributed by atoms with Crippen molar-refractivity contribution in [2.24, 2.45) is 0 Å². The van der Waals surface area contributed by atoms with E-state index in [9.17, 15) is 24.3 Å². The highest BCUT2D eigenvalue weighted by atomic mass is 16.6. The first kappa shape index (κ1) is 20.4. The Kier molecular flexibility index (Phi) is 5.55. The molecule has 1 aromatic carbocycles. The number of carbonyl (C=O) groups excluding carboxylic acids is 4. The summed E-state index contributed by atoms with van der Waals surface area (Å²) in [6.45, 7) is 1.14. The third kappa shape index (κ3) is 2.93. The minimum Gasteiger partial charge on any atom is -0.467 e. The molecule has 2 rings (SSSR count). The lowest BCUT2D eigenvalue weighted by atomic mass is 9.80. The van der Waals surface area contributed by atoms with E-state index in [1.54, 1.807) is 18.2 Å². The van der Waals surface area contributed by atoms with E-state index in [1.807, 2.05) is 0 Å². The van der Waals surface area contributed by atoms with Gasteiger partial charge in [0.15, 0.2) is 6.04 Å². The number of aliphatic hydroxyl groups is 1. The Morgan fingerprint density at radius 2 is 1.56 bits per heavy atom. The van der Waals surface area contributed by atoms with Gasteiger partial charge in [-0.25, -0.2) is 14.4 Å². The molecule has 1 aliphatic rings. The number of esters is 3. The molecule has 2 atom stereocenters. The third-order valence-electron chi connectivity index (χ3n) is 4.66. The molecule has 0 aliphatic carbocycles. The predicted molar refractivity (Wildman–Crippen MR) is 90.0 cm³/mol. The second-order valence-corrected chi connectivity index (χ2v) is 6.24. The summed E-state index contributed by atoms with van der Waals surface area (Å²) >= 11 is 0. The van der Waals surface area contributed by atoms with Crippen molar-refractivity contribution in [1.82, 2.24) is 4.90 Å². The van der Waals surface area contributed by atoms with Crippen molar-refractivity contribution in [1.29, 1.82) is 0 Å². The van der Waals surface area contributed by atoms with Gasteiger partial charge in [-0.2, -0.15) is 0 Å². The largest absolute Gasteiger partial charge is 0.467 e. The maximum Gasteiger partial charge on any atom is 0.346 e. The molecule has 0 saturated carbocycles. The smallest absolute Gasteiger partial charge is 0.346 e. The van der Waals surface area contributed by atoms with Gasteiger partial charge in [-0.15, -0.1) is 0 Å². The summed E-state index contributed by atoms with van der Waals surface area (Å²) in [5.41, 5.74) is -4.49. The minimum atomic E-state index is -2.58. The van der Waals surface area contributed by atoms with Crippen molar-refractivity contribution in [2.45, 2.75) is 30.5 Å². The lowest BCUT2D eigenvalue weighted by Gasteiger charge is -2.42. The zero-order chi connectivity index (χ0) is 20.4. The van der Waals surface area contributed by atoms with Crippen LogP contribution in [0.25, 0.3) is 0 Å². The van der Waals surface area contributed by atoms with Crippen LogP contribution in [0.3, 0.4) is 0 Å². The van der Waals surface area contributed by atoms with E-state index in [4.69, 9.17) is 14.2 Å². The van der Waals surface area contributed by atoms with Gasteiger partial charge in [0, 0.05) is 0 Å². The first-order valence-corrected chi connectivity index (χ1v) is 8.03. The molecule has 9 heteroatoms. The van der Waals surface area contributed by atoms with E-state index < -0.39 is 47.4 Å². The fraction of sp³-hybridized carbons (Fsp3) is 0.444. The standard InChI is InChI=1S/C18H21NO8/c1-17(24)10-12(20)19(18(17,15(22)26-3)16(23)27-4)13(14(21)25-2)11-8-6-5-7-9-11/h5-9,13,24H,10H2,1-4H3/t13-,17?/m1/s1. The lowest BCUT2D eigenvalue weighted by Crippen LogP contribution is -2.69. The molecule has 1 heterocycles. The number of carbonyl (C=O) groups is 4. The average molecular weight is 379 g/mol. The highest BCUT2D eigenvalue weighted by molar-refractivity contribution is 6.13. The van der Waals surface area contributed by atoms with Gasteiger partial charge in [0.05, 0.1) is 27.8 Å². The molecule has 1 unspecified atom stereocenters. The fourth-order valence-corrected chi connectivity index (χ4v) is 3.44. The van der Waals surface area contributed by atoms with Crippen LogP contribution in [0.1, 0.15) is 24.9 Å². The van der Waals surface area contributed by atoms with E-state index in [2.05, 4.69) is 0 Å². The first-order valence-electron chi connectivity index (χ1n) is 8.03. The number of amides is 1. The highest BCUT2D eigenvalue weighted by Crippen LogP contribution is 2.46. The second kappa shape index (κ2) is 7.36. The highest BCUT2D eigenvalue weighted by Gasteiger charge is 2.73. The van der Waals surface area contributed by atoms with Crippen LogP contribution in [0.5, 0.6) is 0 Å². The Bertz CT molecular complexity index is 742. The summed E-state index contributed by atoms with van der Waals surface area (Å²) < 4.78 is 14.3. The van der Waals surface area contributed by atoms with Gasteiger partial charge in [-0.1, -0.05) is 30.3 Å². The molecule has 1 N–H and O–H groups in total. The molecule has 1 amide bonds. The van der Waals surface area contributed by atoms with Crippen molar-refractivity contribution < 1.29 is 38.5 Å². The third-order valence-corrected chi connectivity index (χ3v) is 4.66. The topological polar surface area (TPSA) is 119 Å². The van der Waals surface area contributed by atoms with Crippen molar-refractivity contribution in [2.75, 3.05) is 21.3 Å². The number of rotatable bonds is 5. The van der Waals surface area contributed by atoms with E-state index in [1.165, 1.54) is 12.1 Å². The maximum absolute atomic E-state index is 12.8. The number of benzene rings is 1. The number of methoxy groups -OCH3 is 3. The molecular formula is C18H21NO8. The quantitative estimate of drug-likeness (QED) is 0.430. The van der Waals surface area contributed by atoms with Crippen LogP contribution in [-0.2, 0) is 33.4 Å². The fourth-order valence-electron chi connectivity index (χ4n) is 3.44. The normalized spacial score (nSPS) is 22.1. The summed E-state index contributed by atoms with van der Waals surface area (Å²) in [4.78, 5) is 51.5. The first-order chi connectivity index (χ1) is 12.7. The van der Waals surface area contributed by atoms with Gasteiger partial charge >= 0.3 is 17.9 Å². The van der Waals surface area contributed by atoms with Gasteiger partial charge < -0.3 is 19.3 Å². The molecule has 146 valence electrons.